The molecule has 0 fully saturated rings. The molecule has 0 radical (unpaired) electrons. The molecule has 0 saturated heterocycles. The topological polar surface area (TPSA) is 29.5 Å². The molecule has 0 aliphatic carbocycles. The van der Waals surface area contributed by atoms with Crippen LogP contribution in [0.3, 0.4) is 0 Å². The summed E-state index contributed by atoms with van der Waals surface area (Å²) in [6.45, 7) is 10.9. The summed E-state index contributed by atoms with van der Waals surface area (Å²) >= 11 is 0. The van der Waals surface area contributed by atoms with Gasteiger partial charge in [-0.3, -0.25) is 9.63 Å². The highest BCUT2D eigenvalue weighted by atomic mass is 16.7. The monoisotopic (exact) mass is 283 g/mol. The lowest BCUT2D eigenvalue weighted by molar-refractivity contribution is -0.163. The third-order valence-electron chi connectivity index (χ3n) is 3.79. The van der Waals surface area contributed by atoms with Crippen LogP contribution in [-0.2, 0) is 9.63 Å². The number of hydrogen-bond donors (Lipinski definition) is 0. The quantitative estimate of drug-likeness (QED) is 0.462. The summed E-state index contributed by atoms with van der Waals surface area (Å²) in [6.07, 6.45) is 7.05. The van der Waals surface area contributed by atoms with Crippen molar-refractivity contribution in [3.63, 3.8) is 0 Å². The van der Waals surface area contributed by atoms with Gasteiger partial charge in [-0.15, -0.1) is 0 Å². The summed E-state index contributed by atoms with van der Waals surface area (Å²) < 4.78 is 0. The molecule has 118 valence electrons. The minimum absolute atomic E-state index is 0.0636. The molecule has 3 nitrogen and oxygen atoms in total. The highest BCUT2D eigenvalue weighted by molar-refractivity contribution is 5.91. The van der Waals surface area contributed by atoms with Crippen molar-refractivity contribution in [1.82, 2.24) is 5.06 Å². The number of carbonyl (C=O) groups excluding carboxylic acids is 1. The van der Waals surface area contributed by atoms with Crippen molar-refractivity contribution in [3.8, 4) is 0 Å². The van der Waals surface area contributed by atoms with Crippen LogP contribution in [0.25, 0.3) is 0 Å². The van der Waals surface area contributed by atoms with E-state index in [1.807, 2.05) is 6.92 Å². The summed E-state index contributed by atoms with van der Waals surface area (Å²) in [5.41, 5.74) is 0.760. The molecule has 0 bridgehead atoms. The fourth-order valence-corrected chi connectivity index (χ4v) is 2.93. The maximum Gasteiger partial charge on any atom is 0.272 e. The molecule has 0 aromatic carbocycles. The first-order valence-electron chi connectivity index (χ1n) is 7.82. The van der Waals surface area contributed by atoms with Crippen molar-refractivity contribution in [2.75, 3.05) is 14.2 Å². The van der Waals surface area contributed by atoms with Crippen molar-refractivity contribution < 1.29 is 9.63 Å². The van der Waals surface area contributed by atoms with Crippen LogP contribution in [-0.4, -0.2) is 25.1 Å². The van der Waals surface area contributed by atoms with Gasteiger partial charge in [-0.2, -0.15) is 0 Å². The largest absolute Gasteiger partial charge is 0.274 e. The van der Waals surface area contributed by atoms with Crippen LogP contribution in [0.15, 0.2) is 11.6 Å². The van der Waals surface area contributed by atoms with Crippen molar-refractivity contribution in [3.05, 3.63) is 11.6 Å². The predicted molar refractivity (Wildman–Crippen MR) is 85.2 cm³/mol. The zero-order valence-corrected chi connectivity index (χ0v) is 14.4. The van der Waals surface area contributed by atoms with Gasteiger partial charge in [0.05, 0.1) is 7.11 Å². The Bertz CT molecular complexity index is 312. The van der Waals surface area contributed by atoms with Crippen LogP contribution in [0.4, 0.5) is 0 Å². The van der Waals surface area contributed by atoms with Gasteiger partial charge in [-0.25, -0.2) is 5.06 Å². The highest BCUT2D eigenvalue weighted by Gasteiger charge is 2.14. The van der Waals surface area contributed by atoms with Gasteiger partial charge in [0.1, 0.15) is 0 Å². The Labute approximate surface area is 125 Å². The van der Waals surface area contributed by atoms with Gasteiger partial charge in [-0.1, -0.05) is 46.6 Å². The fourth-order valence-electron chi connectivity index (χ4n) is 2.93. The lowest BCUT2D eigenvalue weighted by atomic mass is 9.87. The second-order valence-corrected chi connectivity index (χ2v) is 6.28. The maximum atomic E-state index is 11.9. The smallest absolute Gasteiger partial charge is 0.272 e. The number of likely N-dealkylation sites (N-methyl/N-ethyl adjacent to an activating group) is 1. The normalized spacial score (nSPS) is 16.6. The molecule has 0 aromatic rings. The van der Waals surface area contributed by atoms with Gasteiger partial charge in [0, 0.05) is 12.6 Å². The number of nitrogens with zero attached hydrogens (tertiary/aromatic N) is 1. The van der Waals surface area contributed by atoms with Crippen LogP contribution in [0, 0.1) is 17.8 Å². The predicted octanol–water partition coefficient (Wildman–Crippen LogP) is 4.44. The molecule has 20 heavy (non-hydrogen) atoms. The molecule has 0 N–H and O–H groups in total. The zero-order chi connectivity index (χ0) is 15.7. The summed E-state index contributed by atoms with van der Waals surface area (Å²) in [5, 5.41) is 1.27. The molecule has 0 aliphatic heterocycles. The molecule has 0 spiro atoms. The van der Waals surface area contributed by atoms with Crippen LogP contribution < -0.4 is 0 Å². The molecule has 0 unspecified atom stereocenters. The average molecular weight is 283 g/mol. The molecule has 0 heterocycles. The van der Waals surface area contributed by atoms with Gasteiger partial charge < -0.3 is 0 Å². The molecule has 3 atom stereocenters. The summed E-state index contributed by atoms with van der Waals surface area (Å²) in [5.74, 6) is 1.86. The van der Waals surface area contributed by atoms with E-state index in [0.717, 1.165) is 17.9 Å². The van der Waals surface area contributed by atoms with E-state index < -0.39 is 0 Å². The minimum atomic E-state index is -0.0636. The van der Waals surface area contributed by atoms with Crippen molar-refractivity contribution in [2.24, 2.45) is 17.8 Å². The van der Waals surface area contributed by atoms with Gasteiger partial charge in [-0.05, 0) is 37.5 Å². The highest BCUT2D eigenvalue weighted by Crippen LogP contribution is 2.23. The molecule has 0 aliphatic rings. The van der Waals surface area contributed by atoms with E-state index in [4.69, 9.17) is 4.84 Å². The Morgan fingerprint density at radius 1 is 1.20 bits per heavy atom. The van der Waals surface area contributed by atoms with E-state index in [1.165, 1.54) is 31.4 Å². The Morgan fingerprint density at radius 2 is 1.80 bits per heavy atom. The summed E-state index contributed by atoms with van der Waals surface area (Å²) in [4.78, 5) is 16.8. The lowest BCUT2D eigenvalue weighted by Gasteiger charge is -2.20. The number of allylic oxidation sites excluding steroid dienone is 1. The molecule has 0 aromatic heterocycles. The van der Waals surface area contributed by atoms with Gasteiger partial charge >= 0.3 is 0 Å². The molecule has 0 rings (SSSR count). The van der Waals surface area contributed by atoms with Gasteiger partial charge in [0.15, 0.2) is 0 Å². The van der Waals surface area contributed by atoms with E-state index >= 15 is 0 Å². The fraction of sp³-hybridized carbons (Fsp3) is 0.824. The average Bonchev–Trinajstić information content (AvgIpc) is 2.36. The Morgan fingerprint density at radius 3 is 2.30 bits per heavy atom. The number of rotatable bonds is 9. The zero-order valence-electron chi connectivity index (χ0n) is 14.4. The molecule has 3 heteroatoms. The Balaban J connectivity index is 4.32. The Kier molecular flexibility index (Phi) is 9.56. The number of hydrogen-bond acceptors (Lipinski definition) is 2. The molecular formula is C17H33NO2. The van der Waals surface area contributed by atoms with Crippen LogP contribution in [0.5, 0.6) is 0 Å². The SMILES string of the molecule is CCC[C@H](C)C[C@H](C)C[C@H](C)/C=C(\C)C(=O)N(C)OC. The lowest BCUT2D eigenvalue weighted by Crippen LogP contribution is -2.26. The van der Waals surface area contributed by atoms with E-state index in [-0.39, 0.29) is 5.91 Å². The molecule has 0 saturated carbocycles. The van der Waals surface area contributed by atoms with Crippen molar-refractivity contribution >= 4 is 5.91 Å². The Hall–Kier alpha value is -0.830. The number of carbonyl (C=O) groups is 1. The van der Waals surface area contributed by atoms with Crippen LogP contribution in [0.2, 0.25) is 0 Å². The maximum absolute atomic E-state index is 11.9. The number of amides is 1. The molecule has 1 amide bonds. The van der Waals surface area contributed by atoms with E-state index in [9.17, 15) is 4.79 Å². The molecular weight excluding hydrogens is 250 g/mol. The number of hydroxylamine groups is 2. The van der Waals surface area contributed by atoms with Gasteiger partial charge in [0.25, 0.3) is 5.91 Å². The first-order valence-corrected chi connectivity index (χ1v) is 7.82. The minimum Gasteiger partial charge on any atom is -0.274 e. The summed E-state index contributed by atoms with van der Waals surface area (Å²) in [6, 6.07) is 0. The van der Waals surface area contributed by atoms with Gasteiger partial charge in [0.2, 0.25) is 0 Å². The summed E-state index contributed by atoms with van der Waals surface area (Å²) in [7, 11) is 3.14. The second-order valence-electron chi connectivity index (χ2n) is 6.28. The van der Waals surface area contributed by atoms with E-state index in [1.54, 1.807) is 7.05 Å². The van der Waals surface area contributed by atoms with Crippen LogP contribution >= 0.6 is 0 Å². The third kappa shape index (κ3) is 7.68. The van der Waals surface area contributed by atoms with Crippen molar-refractivity contribution in [2.45, 2.75) is 60.3 Å². The van der Waals surface area contributed by atoms with Crippen molar-refractivity contribution in [1.29, 1.82) is 0 Å². The van der Waals surface area contributed by atoms with Crippen LogP contribution in [0.1, 0.15) is 60.3 Å². The van der Waals surface area contributed by atoms with E-state index in [2.05, 4.69) is 33.8 Å². The second kappa shape index (κ2) is 9.98. The first-order chi connectivity index (χ1) is 9.31. The first kappa shape index (κ1) is 19.2. The van der Waals surface area contributed by atoms with E-state index in [0.29, 0.717) is 11.8 Å². The standard InChI is InChI=1S/C17H33NO2/c1-8-9-13(2)10-14(3)11-15(4)12-16(5)17(19)18(6)20-7/h12-15H,8-11H2,1-7H3/b16-12+/t13-,14-,15-/m0/s1. The third-order valence-corrected chi connectivity index (χ3v) is 3.79.